The lowest BCUT2D eigenvalue weighted by Gasteiger charge is -2.24. The van der Waals surface area contributed by atoms with Gasteiger partial charge in [0.25, 0.3) is 0 Å². The summed E-state index contributed by atoms with van der Waals surface area (Å²) in [5.74, 6) is 1.67. The first kappa shape index (κ1) is 11.0. The summed E-state index contributed by atoms with van der Waals surface area (Å²) in [5, 5.41) is 8.97. The Kier molecular flexibility index (Phi) is 3.31. The van der Waals surface area contributed by atoms with E-state index in [4.69, 9.17) is 11.0 Å². The highest BCUT2D eigenvalue weighted by Crippen LogP contribution is 2.39. The molecular formula is C13H22N2. The summed E-state index contributed by atoms with van der Waals surface area (Å²) in [4.78, 5) is 0. The molecule has 0 aliphatic heterocycles. The zero-order valence-electron chi connectivity index (χ0n) is 9.54. The smallest absolute Gasteiger partial charge is 0.104 e. The maximum atomic E-state index is 8.97. The molecule has 2 saturated carbocycles. The Morgan fingerprint density at radius 1 is 1.13 bits per heavy atom. The Morgan fingerprint density at radius 2 is 1.87 bits per heavy atom. The summed E-state index contributed by atoms with van der Waals surface area (Å²) >= 11 is 0. The molecule has 2 N–H and O–H groups in total. The Bertz CT molecular complexity index is 250. The second kappa shape index (κ2) is 4.53. The lowest BCUT2D eigenvalue weighted by molar-refractivity contribution is 0.286. The summed E-state index contributed by atoms with van der Waals surface area (Å²) in [5.41, 5.74) is 5.51. The largest absolute Gasteiger partial charge is 0.313 e. The van der Waals surface area contributed by atoms with Crippen LogP contribution in [0.4, 0.5) is 0 Å². The van der Waals surface area contributed by atoms with Crippen LogP contribution in [0.3, 0.4) is 0 Å². The molecule has 0 aromatic carbocycles. The third-order valence-electron chi connectivity index (χ3n) is 4.27. The molecule has 0 spiro atoms. The monoisotopic (exact) mass is 206 g/mol. The topological polar surface area (TPSA) is 49.8 Å². The van der Waals surface area contributed by atoms with Gasteiger partial charge in [0, 0.05) is 0 Å². The van der Waals surface area contributed by atoms with Crippen molar-refractivity contribution in [3.05, 3.63) is 0 Å². The predicted molar refractivity (Wildman–Crippen MR) is 61.1 cm³/mol. The molecule has 2 aliphatic carbocycles. The number of nitriles is 1. The maximum absolute atomic E-state index is 8.97. The number of nitrogens with two attached hydrogens (primary N) is 1. The molecule has 0 amide bonds. The molecule has 2 aliphatic rings. The van der Waals surface area contributed by atoms with E-state index in [-0.39, 0.29) is 0 Å². The molecule has 2 heteroatoms. The quantitative estimate of drug-likeness (QED) is 0.755. The van der Waals surface area contributed by atoms with Crippen molar-refractivity contribution in [2.45, 2.75) is 63.3 Å². The van der Waals surface area contributed by atoms with Gasteiger partial charge in [0.05, 0.1) is 6.07 Å². The molecule has 0 aromatic rings. The highest BCUT2D eigenvalue weighted by molar-refractivity contribution is 5.09. The average molecular weight is 206 g/mol. The molecular weight excluding hydrogens is 184 g/mol. The SMILES string of the molecule is N#CC1(N)CCC(CC2CCCCC2)C1. The third kappa shape index (κ3) is 2.72. The highest BCUT2D eigenvalue weighted by Gasteiger charge is 2.36. The number of nitrogens with zero attached hydrogens (tertiary/aromatic N) is 1. The van der Waals surface area contributed by atoms with E-state index in [1.54, 1.807) is 0 Å². The normalized spacial score (nSPS) is 37.7. The van der Waals surface area contributed by atoms with Crippen molar-refractivity contribution >= 4 is 0 Å². The summed E-state index contributed by atoms with van der Waals surface area (Å²) < 4.78 is 0. The van der Waals surface area contributed by atoms with Crippen molar-refractivity contribution in [3.63, 3.8) is 0 Å². The molecule has 0 saturated heterocycles. The van der Waals surface area contributed by atoms with Gasteiger partial charge in [-0.05, 0) is 37.5 Å². The van der Waals surface area contributed by atoms with Crippen LogP contribution in [0.1, 0.15) is 57.8 Å². The van der Waals surface area contributed by atoms with Crippen molar-refractivity contribution in [1.29, 1.82) is 5.26 Å². The van der Waals surface area contributed by atoms with Gasteiger partial charge >= 0.3 is 0 Å². The molecule has 0 aromatic heterocycles. The Morgan fingerprint density at radius 3 is 2.47 bits per heavy atom. The zero-order chi connectivity index (χ0) is 10.7. The van der Waals surface area contributed by atoms with Crippen LogP contribution in [0, 0.1) is 23.2 Å². The standard InChI is InChI=1S/C13H22N2/c14-10-13(15)7-6-12(9-13)8-11-4-2-1-3-5-11/h11-12H,1-9,15H2. The van der Waals surface area contributed by atoms with E-state index < -0.39 is 5.54 Å². The molecule has 2 unspecified atom stereocenters. The van der Waals surface area contributed by atoms with Gasteiger partial charge in [-0.3, -0.25) is 0 Å². The summed E-state index contributed by atoms with van der Waals surface area (Å²) in [6.07, 6.45) is 11.5. The summed E-state index contributed by atoms with van der Waals surface area (Å²) in [7, 11) is 0. The van der Waals surface area contributed by atoms with Crippen LogP contribution in [-0.2, 0) is 0 Å². The fourth-order valence-corrected chi connectivity index (χ4v) is 3.38. The lowest BCUT2D eigenvalue weighted by atomic mass is 9.82. The maximum Gasteiger partial charge on any atom is 0.104 e. The number of hydrogen-bond donors (Lipinski definition) is 1. The van der Waals surface area contributed by atoms with E-state index in [1.165, 1.54) is 44.9 Å². The summed E-state index contributed by atoms with van der Waals surface area (Å²) in [6, 6.07) is 2.29. The van der Waals surface area contributed by atoms with Crippen molar-refractivity contribution in [1.82, 2.24) is 0 Å². The third-order valence-corrected chi connectivity index (χ3v) is 4.27. The first-order valence-electron chi connectivity index (χ1n) is 6.42. The average Bonchev–Trinajstić information content (AvgIpc) is 2.63. The number of hydrogen-bond acceptors (Lipinski definition) is 2. The molecule has 0 radical (unpaired) electrons. The molecule has 2 rings (SSSR count). The van der Waals surface area contributed by atoms with Gasteiger partial charge in [-0.15, -0.1) is 0 Å². The van der Waals surface area contributed by atoms with E-state index in [0.717, 1.165) is 24.7 Å². The fraction of sp³-hybridized carbons (Fsp3) is 0.923. The second-order valence-corrected chi connectivity index (χ2v) is 5.62. The Hall–Kier alpha value is -0.550. The molecule has 84 valence electrons. The van der Waals surface area contributed by atoms with Gasteiger partial charge in [0.15, 0.2) is 0 Å². The van der Waals surface area contributed by atoms with Crippen molar-refractivity contribution in [2.24, 2.45) is 17.6 Å². The molecule has 0 heterocycles. The van der Waals surface area contributed by atoms with Gasteiger partial charge < -0.3 is 5.73 Å². The highest BCUT2D eigenvalue weighted by atomic mass is 14.8. The van der Waals surface area contributed by atoms with E-state index in [2.05, 4.69) is 6.07 Å². The van der Waals surface area contributed by atoms with Gasteiger partial charge in [-0.2, -0.15) is 5.26 Å². The molecule has 2 fully saturated rings. The molecule has 2 nitrogen and oxygen atoms in total. The Balaban J connectivity index is 1.79. The predicted octanol–water partition coefficient (Wildman–Crippen LogP) is 2.98. The zero-order valence-corrected chi connectivity index (χ0v) is 9.54. The lowest BCUT2D eigenvalue weighted by Crippen LogP contribution is -2.34. The van der Waals surface area contributed by atoms with Crippen molar-refractivity contribution < 1.29 is 0 Å². The Labute approximate surface area is 92.8 Å². The summed E-state index contributed by atoms with van der Waals surface area (Å²) in [6.45, 7) is 0. The van der Waals surface area contributed by atoms with E-state index in [1.807, 2.05) is 0 Å². The van der Waals surface area contributed by atoms with Crippen molar-refractivity contribution in [2.75, 3.05) is 0 Å². The first-order chi connectivity index (χ1) is 7.22. The molecule has 15 heavy (non-hydrogen) atoms. The van der Waals surface area contributed by atoms with E-state index in [0.29, 0.717) is 0 Å². The molecule has 2 atom stereocenters. The van der Waals surface area contributed by atoms with E-state index in [9.17, 15) is 0 Å². The number of rotatable bonds is 2. The van der Waals surface area contributed by atoms with E-state index >= 15 is 0 Å². The van der Waals surface area contributed by atoms with Crippen LogP contribution in [0.25, 0.3) is 0 Å². The minimum atomic E-state index is -0.487. The van der Waals surface area contributed by atoms with Crippen LogP contribution < -0.4 is 5.73 Å². The minimum Gasteiger partial charge on any atom is -0.313 e. The van der Waals surface area contributed by atoms with Gasteiger partial charge in [-0.1, -0.05) is 32.1 Å². The molecule has 0 bridgehead atoms. The van der Waals surface area contributed by atoms with Gasteiger partial charge in [0.2, 0.25) is 0 Å². The van der Waals surface area contributed by atoms with Crippen LogP contribution in [-0.4, -0.2) is 5.54 Å². The van der Waals surface area contributed by atoms with Crippen LogP contribution in [0.15, 0.2) is 0 Å². The van der Waals surface area contributed by atoms with Gasteiger partial charge in [-0.25, -0.2) is 0 Å². The minimum absolute atomic E-state index is 0.487. The van der Waals surface area contributed by atoms with Crippen molar-refractivity contribution in [3.8, 4) is 6.07 Å². The first-order valence-corrected chi connectivity index (χ1v) is 6.42. The van der Waals surface area contributed by atoms with Crippen LogP contribution >= 0.6 is 0 Å². The van der Waals surface area contributed by atoms with Crippen LogP contribution in [0.2, 0.25) is 0 Å². The van der Waals surface area contributed by atoms with Crippen LogP contribution in [0.5, 0.6) is 0 Å². The van der Waals surface area contributed by atoms with Gasteiger partial charge in [0.1, 0.15) is 5.54 Å². The second-order valence-electron chi connectivity index (χ2n) is 5.62. The fourth-order valence-electron chi connectivity index (χ4n) is 3.38.